The molecule has 172 valence electrons. The molecule has 2 amide bonds. The summed E-state index contributed by atoms with van der Waals surface area (Å²) < 4.78 is 10.7. The largest absolute Gasteiger partial charge is 0.493 e. The molecule has 0 spiro atoms. The molecule has 0 unspecified atom stereocenters. The van der Waals surface area contributed by atoms with E-state index < -0.39 is 0 Å². The Kier molecular flexibility index (Phi) is 6.72. The molecule has 0 saturated carbocycles. The number of hydrogen-bond donors (Lipinski definition) is 2. The molecule has 1 aromatic carbocycles. The third-order valence-electron chi connectivity index (χ3n) is 5.28. The molecule has 1 saturated heterocycles. The number of rotatable bonds is 6. The Morgan fingerprint density at radius 2 is 1.79 bits per heavy atom. The lowest BCUT2D eigenvalue weighted by atomic mass is 10.2. The molecule has 3 heterocycles. The molecule has 2 aromatic heterocycles. The molecule has 1 fully saturated rings. The topological polar surface area (TPSA) is 105 Å². The number of aromatic nitrogens is 3. The monoisotopic (exact) mass is 449 g/mol. The number of ether oxygens (including phenoxy) is 2. The zero-order chi connectivity index (χ0) is 23.2. The highest BCUT2D eigenvalue weighted by molar-refractivity contribution is 5.91. The fourth-order valence-electron chi connectivity index (χ4n) is 3.66. The fraction of sp³-hybridized carbons (Fsp3) is 0.304. The van der Waals surface area contributed by atoms with E-state index in [2.05, 4.69) is 30.5 Å². The van der Waals surface area contributed by atoms with Crippen LogP contribution in [0.1, 0.15) is 5.82 Å². The molecule has 0 atom stereocenters. The third-order valence-corrected chi connectivity index (χ3v) is 5.28. The highest BCUT2D eigenvalue weighted by atomic mass is 16.5. The van der Waals surface area contributed by atoms with Gasteiger partial charge in [0.25, 0.3) is 0 Å². The van der Waals surface area contributed by atoms with Gasteiger partial charge in [0.05, 0.1) is 19.9 Å². The summed E-state index contributed by atoms with van der Waals surface area (Å²) in [6.07, 6.45) is 1.72. The minimum absolute atomic E-state index is 0.183. The summed E-state index contributed by atoms with van der Waals surface area (Å²) in [5, 5.41) is 6.14. The fourth-order valence-corrected chi connectivity index (χ4v) is 3.66. The van der Waals surface area contributed by atoms with Gasteiger partial charge in [-0.2, -0.15) is 0 Å². The Bertz CT molecular complexity index is 1100. The minimum Gasteiger partial charge on any atom is -0.493 e. The van der Waals surface area contributed by atoms with E-state index in [1.165, 1.54) is 0 Å². The lowest BCUT2D eigenvalue weighted by molar-refractivity contribution is 0.208. The van der Waals surface area contributed by atoms with Crippen LogP contribution in [0, 0.1) is 6.92 Å². The van der Waals surface area contributed by atoms with Crippen LogP contribution in [0.4, 0.5) is 27.9 Å². The van der Waals surface area contributed by atoms with Crippen molar-refractivity contribution in [2.24, 2.45) is 0 Å². The van der Waals surface area contributed by atoms with Crippen LogP contribution < -0.4 is 25.0 Å². The molecular weight excluding hydrogens is 422 g/mol. The first-order valence-electron chi connectivity index (χ1n) is 10.6. The summed E-state index contributed by atoms with van der Waals surface area (Å²) in [5.74, 6) is 3.94. The predicted molar refractivity (Wildman–Crippen MR) is 127 cm³/mol. The number of anilines is 4. The lowest BCUT2D eigenvalue weighted by Crippen LogP contribution is -2.50. The molecule has 10 heteroatoms. The van der Waals surface area contributed by atoms with Crippen molar-refractivity contribution in [1.29, 1.82) is 0 Å². The number of piperazine rings is 1. The van der Waals surface area contributed by atoms with E-state index in [1.54, 1.807) is 37.4 Å². The number of para-hydroxylation sites is 1. The van der Waals surface area contributed by atoms with Gasteiger partial charge in [0.15, 0.2) is 11.5 Å². The summed E-state index contributed by atoms with van der Waals surface area (Å²) in [5.41, 5.74) is 0.570. The van der Waals surface area contributed by atoms with Crippen molar-refractivity contribution in [3.8, 4) is 11.5 Å². The van der Waals surface area contributed by atoms with Crippen LogP contribution in [0.2, 0.25) is 0 Å². The molecule has 2 N–H and O–H groups in total. The van der Waals surface area contributed by atoms with Crippen molar-refractivity contribution in [2.75, 3.05) is 55.9 Å². The van der Waals surface area contributed by atoms with Crippen molar-refractivity contribution in [2.45, 2.75) is 6.92 Å². The average Bonchev–Trinajstić information content (AvgIpc) is 2.84. The molecule has 3 aromatic rings. The number of nitrogens with zero attached hydrogens (tertiary/aromatic N) is 5. The van der Waals surface area contributed by atoms with E-state index in [4.69, 9.17) is 9.47 Å². The average molecular weight is 450 g/mol. The number of methoxy groups -OCH3 is 2. The second-order valence-corrected chi connectivity index (χ2v) is 7.44. The molecule has 10 nitrogen and oxygen atoms in total. The van der Waals surface area contributed by atoms with Crippen LogP contribution in [0.25, 0.3) is 0 Å². The number of aryl methyl sites for hydroxylation is 1. The van der Waals surface area contributed by atoms with Crippen molar-refractivity contribution < 1.29 is 14.3 Å². The summed E-state index contributed by atoms with van der Waals surface area (Å²) in [6.45, 7) is 4.29. The van der Waals surface area contributed by atoms with E-state index in [9.17, 15) is 4.79 Å². The quantitative estimate of drug-likeness (QED) is 0.591. The van der Waals surface area contributed by atoms with Crippen molar-refractivity contribution in [3.05, 3.63) is 54.5 Å². The van der Waals surface area contributed by atoms with E-state index in [0.29, 0.717) is 55.0 Å². The van der Waals surface area contributed by atoms with E-state index in [1.807, 2.05) is 37.3 Å². The molecule has 0 bridgehead atoms. The number of benzene rings is 1. The Morgan fingerprint density at radius 3 is 2.48 bits per heavy atom. The predicted octanol–water partition coefficient (Wildman–Crippen LogP) is 3.29. The SMILES string of the molecule is COc1cccc(NC(=O)N2CCN(c3cc(Nc4ccccn4)nc(C)n3)CC2)c1OC. The van der Waals surface area contributed by atoms with Gasteiger partial charge in [-0.3, -0.25) is 0 Å². The van der Waals surface area contributed by atoms with Gasteiger partial charge in [0.2, 0.25) is 0 Å². The van der Waals surface area contributed by atoms with Crippen LogP contribution >= 0.6 is 0 Å². The highest BCUT2D eigenvalue weighted by Crippen LogP contribution is 2.34. The Morgan fingerprint density at radius 1 is 0.970 bits per heavy atom. The third kappa shape index (κ3) is 5.22. The number of carbonyl (C=O) groups excluding carboxylic acids is 1. The van der Waals surface area contributed by atoms with Crippen molar-refractivity contribution in [1.82, 2.24) is 19.9 Å². The lowest BCUT2D eigenvalue weighted by Gasteiger charge is -2.35. The minimum atomic E-state index is -0.183. The Balaban J connectivity index is 1.39. The van der Waals surface area contributed by atoms with Gasteiger partial charge in [-0.1, -0.05) is 12.1 Å². The zero-order valence-electron chi connectivity index (χ0n) is 18.9. The Labute approximate surface area is 192 Å². The normalized spacial score (nSPS) is 13.4. The smallest absolute Gasteiger partial charge is 0.322 e. The van der Waals surface area contributed by atoms with Crippen LogP contribution in [0.3, 0.4) is 0 Å². The summed E-state index contributed by atoms with van der Waals surface area (Å²) in [7, 11) is 3.11. The number of urea groups is 1. The van der Waals surface area contributed by atoms with Crippen molar-refractivity contribution in [3.63, 3.8) is 0 Å². The number of carbonyl (C=O) groups is 1. The molecule has 33 heavy (non-hydrogen) atoms. The first-order valence-corrected chi connectivity index (χ1v) is 10.6. The second kappa shape index (κ2) is 10.0. The molecule has 1 aliphatic rings. The van der Waals surface area contributed by atoms with Crippen molar-refractivity contribution >= 4 is 29.2 Å². The van der Waals surface area contributed by atoms with Gasteiger partial charge in [-0.25, -0.2) is 19.7 Å². The van der Waals surface area contributed by atoms with Gasteiger partial charge in [0.1, 0.15) is 23.3 Å². The number of pyridine rings is 1. The van der Waals surface area contributed by atoms with Gasteiger partial charge < -0.3 is 29.9 Å². The van der Waals surface area contributed by atoms with E-state index in [-0.39, 0.29) is 6.03 Å². The molecule has 0 aliphatic carbocycles. The van der Waals surface area contributed by atoms with Gasteiger partial charge in [-0.15, -0.1) is 0 Å². The van der Waals surface area contributed by atoms with E-state index in [0.717, 1.165) is 11.6 Å². The molecule has 0 radical (unpaired) electrons. The number of hydrogen-bond acceptors (Lipinski definition) is 8. The second-order valence-electron chi connectivity index (χ2n) is 7.44. The van der Waals surface area contributed by atoms with Crippen LogP contribution in [-0.2, 0) is 0 Å². The number of nitrogens with one attached hydrogen (secondary N) is 2. The molecular formula is C23H27N7O3. The molecule has 1 aliphatic heterocycles. The summed E-state index contributed by atoms with van der Waals surface area (Å²) in [6, 6.07) is 12.8. The number of amides is 2. The maximum Gasteiger partial charge on any atom is 0.322 e. The Hall–Kier alpha value is -4.08. The maximum absolute atomic E-state index is 12.8. The first-order chi connectivity index (χ1) is 16.1. The maximum atomic E-state index is 12.8. The standard InChI is InChI=1S/C23H27N7O3/c1-16-25-20(28-19-9-4-5-10-24-19)15-21(26-16)29-11-13-30(14-12-29)23(31)27-17-7-6-8-18(32-2)22(17)33-3/h4-10,15H,11-14H2,1-3H3,(H,27,31)(H,24,25,26,28). The summed E-state index contributed by atoms with van der Waals surface area (Å²) >= 11 is 0. The van der Waals surface area contributed by atoms with Gasteiger partial charge in [-0.05, 0) is 31.2 Å². The van der Waals surface area contributed by atoms with Crippen LogP contribution in [-0.4, -0.2) is 66.3 Å². The highest BCUT2D eigenvalue weighted by Gasteiger charge is 2.24. The first kappa shape index (κ1) is 22.1. The van der Waals surface area contributed by atoms with Crippen LogP contribution in [0.5, 0.6) is 11.5 Å². The zero-order valence-corrected chi connectivity index (χ0v) is 18.9. The summed E-state index contributed by atoms with van der Waals surface area (Å²) in [4.78, 5) is 30.1. The van der Waals surface area contributed by atoms with Crippen LogP contribution in [0.15, 0.2) is 48.7 Å². The van der Waals surface area contributed by atoms with Gasteiger partial charge in [0, 0.05) is 38.4 Å². The van der Waals surface area contributed by atoms with E-state index >= 15 is 0 Å². The molecule has 4 rings (SSSR count). The van der Waals surface area contributed by atoms with Gasteiger partial charge >= 0.3 is 6.03 Å².